The molecule has 2 rings (SSSR count). The molecule has 0 N–H and O–H groups in total. The number of alkyl halides is 1. The molecule has 0 aliphatic rings. The summed E-state index contributed by atoms with van der Waals surface area (Å²) in [5.41, 5.74) is 1.88. The van der Waals surface area contributed by atoms with Crippen LogP contribution in [0.2, 0.25) is 5.02 Å². The van der Waals surface area contributed by atoms with E-state index < -0.39 is 10.8 Å². The van der Waals surface area contributed by atoms with E-state index in [-0.39, 0.29) is 0 Å². The van der Waals surface area contributed by atoms with E-state index in [1.807, 2.05) is 18.2 Å². The van der Waals surface area contributed by atoms with E-state index in [4.69, 9.17) is 23.2 Å². The van der Waals surface area contributed by atoms with Crippen molar-refractivity contribution in [1.82, 2.24) is 9.55 Å². The minimum absolute atomic E-state index is 0.520. The summed E-state index contributed by atoms with van der Waals surface area (Å²) >= 11 is 11.8. The van der Waals surface area contributed by atoms with Crippen LogP contribution < -0.4 is 0 Å². The van der Waals surface area contributed by atoms with Crippen LogP contribution in [0, 0.1) is 0 Å². The van der Waals surface area contributed by atoms with Crippen LogP contribution in [-0.4, -0.2) is 31.6 Å². The number of benzene rings is 1. The largest absolute Gasteiger partial charge is 0.327 e. The zero-order valence-electron chi connectivity index (χ0n) is 10.0. The first-order chi connectivity index (χ1) is 8.61. The molecule has 1 atom stereocenters. The highest BCUT2D eigenvalue weighted by Crippen LogP contribution is 2.21. The number of hydrogen-bond donors (Lipinski definition) is 0. The van der Waals surface area contributed by atoms with Gasteiger partial charge in [-0.1, -0.05) is 11.6 Å². The van der Waals surface area contributed by atoms with Crippen molar-refractivity contribution in [2.75, 3.05) is 17.9 Å². The monoisotopic (exact) mass is 304 g/mol. The van der Waals surface area contributed by atoms with Gasteiger partial charge in [0.25, 0.3) is 0 Å². The molecule has 1 heterocycles. The van der Waals surface area contributed by atoms with Crippen molar-refractivity contribution in [3.63, 3.8) is 0 Å². The third-order valence-electron chi connectivity index (χ3n) is 2.71. The number of aromatic nitrogens is 2. The van der Waals surface area contributed by atoms with Gasteiger partial charge in [0.15, 0.2) is 0 Å². The van der Waals surface area contributed by atoms with Crippen molar-refractivity contribution in [2.45, 2.75) is 13.0 Å². The molecule has 6 heteroatoms. The number of nitrogens with zero attached hydrogens (tertiary/aromatic N) is 2. The predicted molar refractivity (Wildman–Crippen MR) is 78.1 cm³/mol. The third kappa shape index (κ3) is 3.05. The van der Waals surface area contributed by atoms with Gasteiger partial charge in [-0.2, -0.15) is 0 Å². The molecule has 0 spiro atoms. The maximum Gasteiger partial charge on any atom is 0.111 e. The van der Waals surface area contributed by atoms with Gasteiger partial charge in [-0.15, -0.1) is 11.6 Å². The normalized spacial score (nSPS) is 13.1. The van der Waals surface area contributed by atoms with Crippen LogP contribution >= 0.6 is 23.2 Å². The van der Waals surface area contributed by atoms with Crippen LogP contribution in [0.5, 0.6) is 0 Å². The second kappa shape index (κ2) is 6.04. The summed E-state index contributed by atoms with van der Waals surface area (Å²) in [6.07, 6.45) is 2.40. The van der Waals surface area contributed by atoms with E-state index in [1.165, 1.54) is 0 Å². The molecule has 2 aromatic rings. The minimum Gasteiger partial charge on any atom is -0.327 e. The number of rotatable bonds is 5. The first-order valence-electron chi connectivity index (χ1n) is 5.62. The molecule has 0 bridgehead atoms. The highest BCUT2D eigenvalue weighted by molar-refractivity contribution is 7.84. The summed E-state index contributed by atoms with van der Waals surface area (Å²) < 4.78 is 13.3. The first kappa shape index (κ1) is 13.8. The summed E-state index contributed by atoms with van der Waals surface area (Å²) in [6, 6.07) is 5.63. The van der Waals surface area contributed by atoms with E-state index in [2.05, 4.69) is 9.55 Å². The molecular formula is C12H14Cl2N2OS. The van der Waals surface area contributed by atoms with Gasteiger partial charge in [-0.05, 0) is 18.2 Å². The SMILES string of the molecule is CS(=O)CCn1c(CCCl)nc2cc(Cl)ccc21. The van der Waals surface area contributed by atoms with Gasteiger partial charge in [0.05, 0.1) is 11.0 Å². The van der Waals surface area contributed by atoms with Gasteiger partial charge in [-0.3, -0.25) is 4.21 Å². The molecule has 1 aromatic heterocycles. The first-order valence-corrected chi connectivity index (χ1v) is 8.26. The molecular weight excluding hydrogens is 291 g/mol. The van der Waals surface area contributed by atoms with Crippen molar-refractivity contribution >= 4 is 45.0 Å². The number of halogens is 2. The zero-order valence-corrected chi connectivity index (χ0v) is 12.4. The quantitative estimate of drug-likeness (QED) is 0.796. The topological polar surface area (TPSA) is 34.9 Å². The fraction of sp³-hybridized carbons (Fsp3) is 0.417. The Labute approximate surface area is 119 Å². The van der Waals surface area contributed by atoms with Crippen LogP contribution in [0.25, 0.3) is 11.0 Å². The number of hydrogen-bond acceptors (Lipinski definition) is 2. The van der Waals surface area contributed by atoms with E-state index in [0.717, 1.165) is 16.9 Å². The Hall–Kier alpha value is -0.580. The molecule has 0 fully saturated rings. The number of fused-ring (bicyclic) bond motifs is 1. The standard InChI is InChI=1S/C12H14Cl2N2OS/c1-18(17)7-6-16-11-3-2-9(14)8-10(11)15-12(16)4-5-13/h2-3,8H,4-7H2,1H3. The maximum absolute atomic E-state index is 11.2. The maximum atomic E-state index is 11.2. The Morgan fingerprint density at radius 1 is 1.44 bits per heavy atom. The molecule has 1 aromatic carbocycles. The van der Waals surface area contributed by atoms with E-state index in [0.29, 0.717) is 29.6 Å². The second-order valence-corrected chi connectivity index (χ2v) is 6.40. The molecule has 0 radical (unpaired) electrons. The van der Waals surface area contributed by atoms with E-state index in [9.17, 15) is 4.21 Å². The summed E-state index contributed by atoms with van der Waals surface area (Å²) in [4.78, 5) is 4.54. The fourth-order valence-corrected chi connectivity index (χ4v) is 2.67. The van der Waals surface area contributed by atoms with Gasteiger partial charge in [-0.25, -0.2) is 4.98 Å². The Morgan fingerprint density at radius 3 is 2.89 bits per heavy atom. The van der Waals surface area contributed by atoms with E-state index >= 15 is 0 Å². The third-order valence-corrected chi connectivity index (χ3v) is 3.89. The zero-order chi connectivity index (χ0) is 13.1. The Bertz CT molecular complexity index is 583. The molecule has 18 heavy (non-hydrogen) atoms. The average Bonchev–Trinajstić information content (AvgIpc) is 2.63. The predicted octanol–water partition coefficient (Wildman–Crippen LogP) is 2.85. The smallest absolute Gasteiger partial charge is 0.111 e. The molecule has 1 unspecified atom stereocenters. The highest BCUT2D eigenvalue weighted by atomic mass is 35.5. The molecule has 0 amide bonds. The summed E-state index contributed by atoms with van der Waals surface area (Å²) in [5.74, 6) is 2.06. The summed E-state index contributed by atoms with van der Waals surface area (Å²) in [6.45, 7) is 0.688. The van der Waals surface area contributed by atoms with Gasteiger partial charge in [0, 0.05) is 46.7 Å². The van der Waals surface area contributed by atoms with Crippen LogP contribution in [-0.2, 0) is 23.8 Å². The van der Waals surface area contributed by atoms with Crippen molar-refractivity contribution in [3.8, 4) is 0 Å². The highest BCUT2D eigenvalue weighted by Gasteiger charge is 2.10. The fourth-order valence-electron chi connectivity index (χ4n) is 1.90. The molecule has 3 nitrogen and oxygen atoms in total. The van der Waals surface area contributed by atoms with Crippen molar-refractivity contribution in [3.05, 3.63) is 29.0 Å². The Balaban J connectivity index is 2.44. The van der Waals surface area contributed by atoms with E-state index in [1.54, 1.807) is 6.26 Å². The number of imidazole rings is 1. The van der Waals surface area contributed by atoms with Gasteiger partial charge < -0.3 is 4.57 Å². The molecule has 0 aliphatic carbocycles. The molecule has 0 aliphatic heterocycles. The van der Waals surface area contributed by atoms with Crippen LogP contribution in [0.4, 0.5) is 0 Å². The van der Waals surface area contributed by atoms with Crippen LogP contribution in [0.1, 0.15) is 5.82 Å². The van der Waals surface area contributed by atoms with Gasteiger partial charge in [0.2, 0.25) is 0 Å². The van der Waals surface area contributed by atoms with Gasteiger partial charge >= 0.3 is 0 Å². The summed E-state index contributed by atoms with van der Waals surface area (Å²) in [5, 5.41) is 0.670. The van der Waals surface area contributed by atoms with Crippen LogP contribution in [0.3, 0.4) is 0 Å². The number of aryl methyl sites for hydroxylation is 2. The lowest BCUT2D eigenvalue weighted by Crippen LogP contribution is -2.10. The molecule has 98 valence electrons. The van der Waals surface area contributed by atoms with Crippen LogP contribution in [0.15, 0.2) is 18.2 Å². The van der Waals surface area contributed by atoms with Gasteiger partial charge in [0.1, 0.15) is 5.82 Å². The Morgan fingerprint density at radius 2 is 2.22 bits per heavy atom. The second-order valence-electron chi connectivity index (χ2n) is 4.03. The average molecular weight is 305 g/mol. The van der Waals surface area contributed by atoms with Crippen molar-refractivity contribution in [1.29, 1.82) is 0 Å². The lowest BCUT2D eigenvalue weighted by atomic mass is 10.3. The summed E-state index contributed by atoms with van der Waals surface area (Å²) in [7, 11) is -0.817. The van der Waals surface area contributed by atoms with Crippen molar-refractivity contribution < 1.29 is 4.21 Å². The lowest BCUT2D eigenvalue weighted by molar-refractivity contribution is 0.674. The molecule has 0 saturated heterocycles. The Kier molecular flexibility index (Phi) is 4.65. The van der Waals surface area contributed by atoms with Crippen molar-refractivity contribution in [2.24, 2.45) is 0 Å². The minimum atomic E-state index is -0.817. The molecule has 0 saturated carbocycles. The lowest BCUT2D eigenvalue weighted by Gasteiger charge is -2.07.